The molecule has 2 aliphatic heterocycles. The zero-order valence-corrected chi connectivity index (χ0v) is 13.2. The average Bonchev–Trinajstić information content (AvgIpc) is 3.02. The van der Waals surface area contributed by atoms with E-state index < -0.39 is 18.1 Å². The molecule has 2 heterocycles. The number of rotatable bonds is 4. The molecule has 1 aromatic carbocycles. The summed E-state index contributed by atoms with van der Waals surface area (Å²) in [6, 6.07) is 4.97. The summed E-state index contributed by atoms with van der Waals surface area (Å²) in [6.45, 7) is 1.89. The fourth-order valence-electron chi connectivity index (χ4n) is 2.77. The number of ether oxygens (including phenoxy) is 2. The summed E-state index contributed by atoms with van der Waals surface area (Å²) in [7, 11) is 0. The SMILES string of the molecule is C[C@@H]1Oc2c(cccc2C(=O)NC[C@@H]2CC[C@H](C(N)=O)O2)NC1=O. The summed E-state index contributed by atoms with van der Waals surface area (Å²) in [4.78, 5) is 35.1. The maximum Gasteiger partial charge on any atom is 0.265 e. The van der Waals surface area contributed by atoms with Crippen molar-refractivity contribution in [2.75, 3.05) is 11.9 Å². The molecule has 0 aliphatic carbocycles. The highest BCUT2D eigenvalue weighted by atomic mass is 16.5. The van der Waals surface area contributed by atoms with E-state index in [-0.39, 0.29) is 24.5 Å². The number of nitrogens with one attached hydrogen (secondary N) is 2. The van der Waals surface area contributed by atoms with Crippen LogP contribution in [0.25, 0.3) is 0 Å². The van der Waals surface area contributed by atoms with Gasteiger partial charge < -0.3 is 25.8 Å². The molecule has 8 heteroatoms. The second-order valence-electron chi connectivity index (χ2n) is 5.87. The van der Waals surface area contributed by atoms with Crippen LogP contribution in [0.4, 0.5) is 5.69 Å². The predicted octanol–water partition coefficient (Wildman–Crippen LogP) is 0.169. The summed E-state index contributed by atoms with van der Waals surface area (Å²) in [5, 5.41) is 5.47. The zero-order chi connectivity index (χ0) is 17.3. The van der Waals surface area contributed by atoms with E-state index in [2.05, 4.69) is 10.6 Å². The molecule has 1 fully saturated rings. The molecule has 3 rings (SSSR count). The number of hydrogen-bond donors (Lipinski definition) is 3. The molecule has 4 N–H and O–H groups in total. The smallest absolute Gasteiger partial charge is 0.265 e. The Bertz CT molecular complexity index is 690. The van der Waals surface area contributed by atoms with E-state index in [0.29, 0.717) is 29.8 Å². The Morgan fingerprint density at radius 1 is 1.38 bits per heavy atom. The summed E-state index contributed by atoms with van der Waals surface area (Å²) in [5.74, 6) is -0.721. The van der Waals surface area contributed by atoms with Crippen LogP contribution in [-0.4, -0.2) is 42.6 Å². The monoisotopic (exact) mass is 333 g/mol. The van der Waals surface area contributed by atoms with Crippen LogP contribution >= 0.6 is 0 Å². The Hall–Kier alpha value is -2.61. The molecule has 1 aromatic rings. The number of fused-ring (bicyclic) bond motifs is 1. The standard InChI is InChI=1S/C16H19N3O5/c1-8-15(21)19-11-4-2-3-10(13(11)23-8)16(22)18-7-9-5-6-12(24-9)14(17)20/h2-4,8-9,12H,5-7H2,1H3,(H2,17,20)(H,18,22)(H,19,21)/t8-,9-,12+/m0/s1. The molecule has 1 saturated heterocycles. The fourth-order valence-corrected chi connectivity index (χ4v) is 2.77. The van der Waals surface area contributed by atoms with Gasteiger partial charge in [0.15, 0.2) is 11.9 Å². The van der Waals surface area contributed by atoms with E-state index in [1.165, 1.54) is 0 Å². The lowest BCUT2D eigenvalue weighted by Crippen LogP contribution is -2.37. The molecular weight excluding hydrogens is 314 g/mol. The number of nitrogens with two attached hydrogens (primary N) is 1. The summed E-state index contributed by atoms with van der Waals surface area (Å²) in [5.41, 5.74) is 6.01. The van der Waals surface area contributed by atoms with Crippen molar-refractivity contribution in [3.8, 4) is 5.75 Å². The summed E-state index contributed by atoms with van der Waals surface area (Å²) < 4.78 is 11.0. The second kappa shape index (κ2) is 6.48. The highest BCUT2D eigenvalue weighted by Gasteiger charge is 2.30. The third kappa shape index (κ3) is 3.18. The minimum Gasteiger partial charge on any atom is -0.478 e. The molecule has 128 valence electrons. The summed E-state index contributed by atoms with van der Waals surface area (Å²) >= 11 is 0. The van der Waals surface area contributed by atoms with E-state index in [0.717, 1.165) is 0 Å². The topological polar surface area (TPSA) is 120 Å². The Balaban J connectivity index is 1.65. The molecule has 0 saturated carbocycles. The van der Waals surface area contributed by atoms with Gasteiger partial charge in [0.2, 0.25) is 5.91 Å². The van der Waals surface area contributed by atoms with Crippen molar-refractivity contribution in [2.45, 2.75) is 38.1 Å². The van der Waals surface area contributed by atoms with Crippen LogP contribution in [-0.2, 0) is 14.3 Å². The molecule has 0 bridgehead atoms. The Morgan fingerprint density at radius 2 is 2.17 bits per heavy atom. The van der Waals surface area contributed by atoms with E-state index in [1.54, 1.807) is 25.1 Å². The number of carbonyl (C=O) groups excluding carboxylic acids is 3. The van der Waals surface area contributed by atoms with Crippen molar-refractivity contribution in [1.29, 1.82) is 0 Å². The van der Waals surface area contributed by atoms with Gasteiger partial charge in [0.1, 0.15) is 6.10 Å². The molecular formula is C16H19N3O5. The summed E-state index contributed by atoms with van der Waals surface area (Å²) in [6.07, 6.45) is -0.282. The minimum atomic E-state index is -0.666. The molecule has 0 aromatic heterocycles. The van der Waals surface area contributed by atoms with Crippen LogP contribution < -0.4 is 21.1 Å². The molecule has 3 amide bonds. The first-order chi connectivity index (χ1) is 11.5. The molecule has 0 spiro atoms. The van der Waals surface area contributed by atoms with Gasteiger partial charge in [-0.1, -0.05) is 6.07 Å². The van der Waals surface area contributed by atoms with Gasteiger partial charge in [-0.3, -0.25) is 14.4 Å². The largest absolute Gasteiger partial charge is 0.478 e. The molecule has 0 radical (unpaired) electrons. The first-order valence-corrected chi connectivity index (χ1v) is 7.79. The third-order valence-corrected chi connectivity index (χ3v) is 4.10. The lowest BCUT2D eigenvalue weighted by Gasteiger charge is -2.25. The quantitative estimate of drug-likeness (QED) is 0.725. The highest BCUT2D eigenvalue weighted by Crippen LogP contribution is 2.33. The molecule has 3 atom stereocenters. The van der Waals surface area contributed by atoms with Gasteiger partial charge in [-0.25, -0.2) is 0 Å². The maximum atomic E-state index is 12.4. The van der Waals surface area contributed by atoms with E-state index in [9.17, 15) is 14.4 Å². The van der Waals surface area contributed by atoms with E-state index >= 15 is 0 Å². The van der Waals surface area contributed by atoms with E-state index in [1.807, 2.05) is 0 Å². The molecule has 8 nitrogen and oxygen atoms in total. The van der Waals surface area contributed by atoms with Crippen molar-refractivity contribution in [1.82, 2.24) is 5.32 Å². The van der Waals surface area contributed by atoms with Crippen molar-refractivity contribution in [3.63, 3.8) is 0 Å². The van der Waals surface area contributed by atoms with Crippen LogP contribution in [0.2, 0.25) is 0 Å². The Morgan fingerprint density at radius 3 is 2.88 bits per heavy atom. The van der Waals surface area contributed by atoms with Gasteiger partial charge >= 0.3 is 0 Å². The normalized spacial score (nSPS) is 25.4. The van der Waals surface area contributed by atoms with Crippen molar-refractivity contribution < 1.29 is 23.9 Å². The van der Waals surface area contributed by atoms with Crippen LogP contribution in [0.1, 0.15) is 30.1 Å². The van der Waals surface area contributed by atoms with Gasteiger partial charge in [0.05, 0.1) is 17.4 Å². The average molecular weight is 333 g/mol. The van der Waals surface area contributed by atoms with Gasteiger partial charge in [-0.15, -0.1) is 0 Å². The first kappa shape index (κ1) is 16.3. The van der Waals surface area contributed by atoms with Crippen molar-refractivity contribution in [3.05, 3.63) is 23.8 Å². The number of benzene rings is 1. The van der Waals surface area contributed by atoms with E-state index in [4.69, 9.17) is 15.2 Å². The van der Waals surface area contributed by atoms with Crippen LogP contribution in [0.5, 0.6) is 5.75 Å². The van der Waals surface area contributed by atoms with Crippen LogP contribution in [0.15, 0.2) is 18.2 Å². The zero-order valence-electron chi connectivity index (χ0n) is 13.2. The number of anilines is 1. The number of carbonyl (C=O) groups is 3. The minimum absolute atomic E-state index is 0.245. The van der Waals surface area contributed by atoms with Crippen molar-refractivity contribution >= 4 is 23.4 Å². The van der Waals surface area contributed by atoms with Gasteiger partial charge in [0.25, 0.3) is 11.8 Å². The Labute approximate surface area is 138 Å². The van der Waals surface area contributed by atoms with Crippen molar-refractivity contribution in [2.24, 2.45) is 5.73 Å². The fraction of sp³-hybridized carbons (Fsp3) is 0.438. The lowest BCUT2D eigenvalue weighted by molar-refractivity contribution is -0.128. The third-order valence-electron chi connectivity index (χ3n) is 4.10. The highest BCUT2D eigenvalue weighted by molar-refractivity contribution is 6.03. The molecule has 0 unspecified atom stereocenters. The maximum absolute atomic E-state index is 12.4. The molecule has 2 aliphatic rings. The second-order valence-corrected chi connectivity index (χ2v) is 5.87. The number of amides is 3. The number of primary amides is 1. The number of hydrogen-bond acceptors (Lipinski definition) is 5. The lowest BCUT2D eigenvalue weighted by atomic mass is 10.1. The first-order valence-electron chi connectivity index (χ1n) is 7.79. The van der Waals surface area contributed by atoms with Gasteiger partial charge in [-0.2, -0.15) is 0 Å². The number of para-hydroxylation sites is 1. The molecule has 24 heavy (non-hydrogen) atoms. The predicted molar refractivity (Wildman–Crippen MR) is 84.6 cm³/mol. The van der Waals surface area contributed by atoms with Gasteiger partial charge in [0, 0.05) is 6.54 Å². The Kier molecular flexibility index (Phi) is 4.39. The van der Waals surface area contributed by atoms with Crippen LogP contribution in [0, 0.1) is 0 Å². The van der Waals surface area contributed by atoms with Crippen LogP contribution in [0.3, 0.4) is 0 Å². The van der Waals surface area contributed by atoms with Gasteiger partial charge in [-0.05, 0) is 31.9 Å².